The summed E-state index contributed by atoms with van der Waals surface area (Å²) in [4.78, 5) is 15.9. The molecule has 0 fully saturated rings. The number of nitrogens with zero attached hydrogens (tertiary/aromatic N) is 1. The molecule has 0 bridgehead atoms. The molecule has 20 heavy (non-hydrogen) atoms. The van der Waals surface area contributed by atoms with Gasteiger partial charge in [-0.25, -0.2) is 4.98 Å². The molecule has 0 saturated heterocycles. The van der Waals surface area contributed by atoms with Gasteiger partial charge in [0.2, 0.25) is 5.91 Å². The van der Waals surface area contributed by atoms with Crippen LogP contribution in [0.2, 0.25) is 10.3 Å². The van der Waals surface area contributed by atoms with Crippen LogP contribution in [0.25, 0.3) is 0 Å². The van der Waals surface area contributed by atoms with Crippen LogP contribution in [0, 0.1) is 12.3 Å². The molecule has 4 nitrogen and oxygen atoms in total. The largest absolute Gasteiger partial charge is 0.327 e. The summed E-state index contributed by atoms with van der Waals surface area (Å²) in [5, 5.41) is 3.24. The second-order valence-electron chi connectivity index (χ2n) is 6.20. The van der Waals surface area contributed by atoms with Gasteiger partial charge in [0.1, 0.15) is 5.15 Å². The number of aromatic nitrogens is 1. The molecule has 1 amide bonds. The Morgan fingerprint density at radius 3 is 2.55 bits per heavy atom. The Kier molecular flexibility index (Phi) is 5.80. The van der Waals surface area contributed by atoms with Crippen LogP contribution < -0.4 is 11.1 Å². The van der Waals surface area contributed by atoms with E-state index in [2.05, 4.69) is 31.1 Å². The van der Waals surface area contributed by atoms with E-state index >= 15 is 0 Å². The van der Waals surface area contributed by atoms with Crippen molar-refractivity contribution in [1.29, 1.82) is 0 Å². The van der Waals surface area contributed by atoms with Gasteiger partial charge in [-0.05, 0) is 30.4 Å². The van der Waals surface area contributed by atoms with E-state index in [0.717, 1.165) is 12.0 Å². The van der Waals surface area contributed by atoms with E-state index in [1.165, 1.54) is 0 Å². The van der Waals surface area contributed by atoms with E-state index in [9.17, 15) is 4.79 Å². The Balaban J connectivity index is 2.68. The Labute approximate surface area is 130 Å². The topological polar surface area (TPSA) is 68.0 Å². The molecule has 1 rings (SSSR count). The number of anilines is 1. The van der Waals surface area contributed by atoms with Gasteiger partial charge < -0.3 is 11.1 Å². The molecule has 0 saturated carbocycles. The maximum atomic E-state index is 12.0. The van der Waals surface area contributed by atoms with Crippen molar-refractivity contribution in [1.82, 2.24) is 4.98 Å². The van der Waals surface area contributed by atoms with Gasteiger partial charge in [-0.3, -0.25) is 4.79 Å². The molecule has 1 aromatic rings. The van der Waals surface area contributed by atoms with Crippen molar-refractivity contribution in [2.75, 3.05) is 5.32 Å². The summed E-state index contributed by atoms with van der Waals surface area (Å²) in [5.74, 6) is -0.170. The summed E-state index contributed by atoms with van der Waals surface area (Å²) in [6, 6.07) is 1.47. The first kappa shape index (κ1) is 17.2. The van der Waals surface area contributed by atoms with Gasteiger partial charge in [0.05, 0.1) is 5.69 Å². The SMILES string of the molecule is Cc1cc(Cl)nc(Cl)c1NC(=O)CC(N)CC(C)(C)C. The van der Waals surface area contributed by atoms with Crippen molar-refractivity contribution in [3.8, 4) is 0 Å². The number of aryl methyl sites for hydroxylation is 1. The Bertz CT molecular complexity index is 475. The average molecular weight is 318 g/mol. The van der Waals surface area contributed by atoms with Crippen molar-refractivity contribution in [2.45, 2.75) is 46.6 Å². The first-order valence-corrected chi connectivity index (χ1v) is 7.22. The van der Waals surface area contributed by atoms with E-state index in [0.29, 0.717) is 10.8 Å². The minimum atomic E-state index is -0.186. The number of hydrogen-bond acceptors (Lipinski definition) is 3. The Morgan fingerprint density at radius 2 is 2.05 bits per heavy atom. The molecule has 0 aromatic carbocycles. The number of pyridine rings is 1. The highest BCUT2D eigenvalue weighted by molar-refractivity contribution is 6.34. The fraction of sp³-hybridized carbons (Fsp3) is 0.571. The second-order valence-corrected chi connectivity index (χ2v) is 6.95. The van der Waals surface area contributed by atoms with Crippen molar-refractivity contribution < 1.29 is 4.79 Å². The molecule has 0 aliphatic carbocycles. The van der Waals surface area contributed by atoms with E-state index in [1.807, 2.05) is 6.92 Å². The van der Waals surface area contributed by atoms with Crippen LogP contribution in [-0.2, 0) is 4.79 Å². The predicted molar refractivity (Wildman–Crippen MR) is 84.3 cm³/mol. The number of carbonyl (C=O) groups is 1. The molecule has 0 spiro atoms. The third-order valence-corrected chi connectivity index (χ3v) is 3.19. The van der Waals surface area contributed by atoms with Crippen LogP contribution in [0.3, 0.4) is 0 Å². The summed E-state index contributed by atoms with van der Waals surface area (Å²) in [5.41, 5.74) is 7.34. The second kappa shape index (κ2) is 6.74. The molecule has 6 heteroatoms. The fourth-order valence-electron chi connectivity index (χ4n) is 2.03. The number of halogens is 2. The smallest absolute Gasteiger partial charge is 0.226 e. The Morgan fingerprint density at radius 1 is 1.45 bits per heavy atom. The summed E-state index contributed by atoms with van der Waals surface area (Å²) in [6.45, 7) is 8.09. The van der Waals surface area contributed by atoms with Gasteiger partial charge in [-0.15, -0.1) is 0 Å². The number of nitrogens with one attached hydrogen (secondary N) is 1. The van der Waals surface area contributed by atoms with Crippen molar-refractivity contribution in [3.63, 3.8) is 0 Å². The van der Waals surface area contributed by atoms with Crippen LogP contribution in [-0.4, -0.2) is 16.9 Å². The number of rotatable bonds is 4. The maximum absolute atomic E-state index is 12.0. The minimum Gasteiger partial charge on any atom is -0.327 e. The van der Waals surface area contributed by atoms with Crippen LogP contribution in [0.1, 0.15) is 39.2 Å². The molecule has 1 aromatic heterocycles. The molecular weight excluding hydrogens is 297 g/mol. The van der Waals surface area contributed by atoms with Crippen LogP contribution in [0.4, 0.5) is 5.69 Å². The molecule has 0 aliphatic heterocycles. The van der Waals surface area contributed by atoms with Gasteiger partial charge in [-0.1, -0.05) is 44.0 Å². The minimum absolute atomic E-state index is 0.0923. The van der Waals surface area contributed by atoms with Gasteiger partial charge in [-0.2, -0.15) is 0 Å². The highest BCUT2D eigenvalue weighted by Gasteiger charge is 2.19. The van der Waals surface area contributed by atoms with E-state index in [-0.39, 0.29) is 28.9 Å². The average Bonchev–Trinajstić information content (AvgIpc) is 2.20. The van der Waals surface area contributed by atoms with E-state index in [1.54, 1.807) is 6.07 Å². The molecule has 1 unspecified atom stereocenters. The number of amides is 1. The van der Waals surface area contributed by atoms with Crippen LogP contribution in [0.5, 0.6) is 0 Å². The van der Waals surface area contributed by atoms with Gasteiger partial charge in [0.15, 0.2) is 5.15 Å². The lowest BCUT2D eigenvalue weighted by atomic mass is 9.87. The molecule has 1 atom stereocenters. The summed E-state index contributed by atoms with van der Waals surface area (Å²) >= 11 is 11.8. The zero-order valence-electron chi connectivity index (χ0n) is 12.3. The lowest BCUT2D eigenvalue weighted by Crippen LogP contribution is -2.31. The molecular formula is C14H21Cl2N3O. The molecule has 0 aliphatic rings. The summed E-state index contributed by atoms with van der Waals surface area (Å²) in [7, 11) is 0. The van der Waals surface area contributed by atoms with Crippen LogP contribution in [0.15, 0.2) is 6.07 Å². The molecule has 0 radical (unpaired) electrons. The third-order valence-electron chi connectivity index (χ3n) is 2.73. The quantitative estimate of drug-likeness (QED) is 0.830. The number of hydrogen-bond donors (Lipinski definition) is 2. The number of carbonyl (C=O) groups excluding carboxylic acids is 1. The molecule has 3 N–H and O–H groups in total. The Hall–Kier alpha value is -0.840. The maximum Gasteiger partial charge on any atom is 0.226 e. The lowest BCUT2D eigenvalue weighted by molar-refractivity contribution is -0.116. The normalized spacial score (nSPS) is 13.2. The van der Waals surface area contributed by atoms with E-state index in [4.69, 9.17) is 28.9 Å². The highest BCUT2D eigenvalue weighted by Crippen LogP contribution is 2.27. The first-order chi connectivity index (χ1) is 9.08. The third kappa shape index (κ3) is 5.65. The summed E-state index contributed by atoms with van der Waals surface area (Å²) in [6.07, 6.45) is 1.02. The van der Waals surface area contributed by atoms with Gasteiger partial charge in [0.25, 0.3) is 0 Å². The number of nitrogens with two attached hydrogens (primary N) is 1. The van der Waals surface area contributed by atoms with Gasteiger partial charge >= 0.3 is 0 Å². The zero-order valence-corrected chi connectivity index (χ0v) is 13.8. The first-order valence-electron chi connectivity index (χ1n) is 6.46. The van der Waals surface area contributed by atoms with Gasteiger partial charge in [0, 0.05) is 12.5 Å². The van der Waals surface area contributed by atoms with Crippen molar-refractivity contribution in [2.24, 2.45) is 11.1 Å². The zero-order chi connectivity index (χ0) is 15.5. The lowest BCUT2D eigenvalue weighted by Gasteiger charge is -2.22. The van der Waals surface area contributed by atoms with E-state index < -0.39 is 0 Å². The monoisotopic (exact) mass is 317 g/mol. The molecule has 112 valence electrons. The highest BCUT2D eigenvalue weighted by atomic mass is 35.5. The standard InChI is InChI=1S/C14H21Cl2N3O/c1-8-5-10(15)18-13(16)12(8)19-11(20)6-9(17)7-14(2,3)4/h5,9H,6-7,17H2,1-4H3,(H,19,20). The molecule has 1 heterocycles. The fourth-order valence-corrected chi connectivity index (χ4v) is 2.61. The van der Waals surface area contributed by atoms with Crippen molar-refractivity contribution in [3.05, 3.63) is 21.9 Å². The summed E-state index contributed by atoms with van der Waals surface area (Å²) < 4.78 is 0. The predicted octanol–water partition coefficient (Wildman–Crippen LogP) is 3.79. The van der Waals surface area contributed by atoms with Crippen LogP contribution >= 0.6 is 23.2 Å². The van der Waals surface area contributed by atoms with Crippen molar-refractivity contribution >= 4 is 34.8 Å².